The number of nitrogens with one attached hydrogen (secondary N) is 1. The van der Waals surface area contributed by atoms with Gasteiger partial charge in [-0.15, -0.1) is 0 Å². The summed E-state index contributed by atoms with van der Waals surface area (Å²) in [7, 11) is 0. The molecular formula is C3H9N7. The van der Waals surface area contributed by atoms with E-state index in [9.17, 15) is 0 Å². The van der Waals surface area contributed by atoms with Crippen molar-refractivity contribution in [3.05, 3.63) is 0 Å². The maximum absolute atomic E-state index is 5.33. The largest absolute Gasteiger partial charge is 0.367 e. The van der Waals surface area contributed by atoms with Crippen molar-refractivity contribution < 1.29 is 0 Å². The molecule has 0 spiro atoms. The molecule has 1 aromatic rings. The summed E-state index contributed by atoms with van der Waals surface area (Å²) < 4.78 is 1.41. The second-order valence-electron chi connectivity index (χ2n) is 1.65. The van der Waals surface area contributed by atoms with E-state index in [-0.39, 0.29) is 5.95 Å². The zero-order chi connectivity index (χ0) is 7.40. The van der Waals surface area contributed by atoms with Crippen LogP contribution in [0.4, 0.5) is 5.95 Å². The molecule has 0 amide bonds. The SMILES string of the molecule is NCNCn1nnnc1N. The first kappa shape index (κ1) is 6.90. The van der Waals surface area contributed by atoms with Gasteiger partial charge in [0.15, 0.2) is 0 Å². The first-order valence-electron chi connectivity index (χ1n) is 2.77. The Balaban J connectivity index is 2.49. The number of hydrogen-bond donors (Lipinski definition) is 3. The molecule has 0 bridgehead atoms. The van der Waals surface area contributed by atoms with Gasteiger partial charge in [0.2, 0.25) is 5.95 Å². The highest BCUT2D eigenvalue weighted by Crippen LogP contribution is 1.87. The molecule has 0 aliphatic rings. The third kappa shape index (κ3) is 1.39. The van der Waals surface area contributed by atoms with E-state index in [1.807, 2.05) is 0 Å². The average molecular weight is 143 g/mol. The molecule has 7 nitrogen and oxygen atoms in total. The Morgan fingerprint density at radius 2 is 2.40 bits per heavy atom. The van der Waals surface area contributed by atoms with E-state index in [1.165, 1.54) is 4.68 Å². The summed E-state index contributed by atoms with van der Waals surface area (Å²) in [6.07, 6.45) is 0. The lowest BCUT2D eigenvalue weighted by atomic mass is 10.9. The fourth-order valence-corrected chi connectivity index (χ4v) is 0.495. The Hall–Kier alpha value is -1.21. The molecule has 0 atom stereocenters. The monoisotopic (exact) mass is 143 g/mol. The lowest BCUT2D eigenvalue weighted by molar-refractivity contribution is 0.511. The normalized spacial score (nSPS) is 10.1. The minimum Gasteiger partial charge on any atom is -0.367 e. The lowest BCUT2D eigenvalue weighted by Gasteiger charge is -1.99. The molecule has 10 heavy (non-hydrogen) atoms. The molecule has 0 saturated carbocycles. The molecule has 0 aromatic carbocycles. The van der Waals surface area contributed by atoms with Gasteiger partial charge in [-0.3, -0.25) is 5.32 Å². The van der Waals surface area contributed by atoms with Crippen LogP contribution in [0.5, 0.6) is 0 Å². The van der Waals surface area contributed by atoms with E-state index < -0.39 is 0 Å². The van der Waals surface area contributed by atoms with Gasteiger partial charge in [0.1, 0.15) is 0 Å². The number of rotatable bonds is 3. The van der Waals surface area contributed by atoms with Crippen LogP contribution in [0.1, 0.15) is 0 Å². The van der Waals surface area contributed by atoms with Gasteiger partial charge in [0.05, 0.1) is 6.67 Å². The predicted octanol–water partition coefficient (Wildman–Crippen LogP) is -2.28. The molecule has 0 fully saturated rings. The summed E-state index contributed by atoms with van der Waals surface area (Å²) in [6, 6.07) is 0. The van der Waals surface area contributed by atoms with Crippen molar-refractivity contribution in [2.24, 2.45) is 5.73 Å². The Labute approximate surface area is 57.4 Å². The zero-order valence-corrected chi connectivity index (χ0v) is 5.36. The van der Waals surface area contributed by atoms with Crippen LogP contribution in [0.15, 0.2) is 0 Å². The quantitative estimate of drug-likeness (QED) is 0.411. The average Bonchev–Trinajstić information content (AvgIpc) is 2.31. The Bertz CT molecular complexity index is 192. The van der Waals surface area contributed by atoms with E-state index in [1.54, 1.807) is 0 Å². The number of nitrogen functional groups attached to an aromatic ring is 1. The van der Waals surface area contributed by atoms with Crippen molar-refractivity contribution >= 4 is 5.95 Å². The number of hydrogen-bond acceptors (Lipinski definition) is 6. The number of nitrogens with zero attached hydrogens (tertiary/aromatic N) is 4. The van der Waals surface area contributed by atoms with E-state index in [4.69, 9.17) is 11.5 Å². The summed E-state index contributed by atoms with van der Waals surface area (Å²) in [6.45, 7) is 0.814. The molecule has 0 aliphatic carbocycles. The Kier molecular flexibility index (Phi) is 2.13. The molecule has 7 heteroatoms. The highest BCUT2D eigenvalue weighted by molar-refractivity contribution is 5.09. The fraction of sp³-hybridized carbons (Fsp3) is 0.667. The van der Waals surface area contributed by atoms with Crippen molar-refractivity contribution in [1.82, 2.24) is 25.5 Å². The van der Waals surface area contributed by atoms with Gasteiger partial charge in [0, 0.05) is 6.67 Å². The minimum atomic E-state index is 0.279. The van der Waals surface area contributed by atoms with Crippen LogP contribution < -0.4 is 16.8 Å². The van der Waals surface area contributed by atoms with Crippen molar-refractivity contribution in [2.45, 2.75) is 6.67 Å². The minimum absolute atomic E-state index is 0.279. The predicted molar refractivity (Wildman–Crippen MR) is 34.4 cm³/mol. The van der Waals surface area contributed by atoms with Gasteiger partial charge in [0.25, 0.3) is 0 Å². The van der Waals surface area contributed by atoms with Crippen molar-refractivity contribution in [2.75, 3.05) is 12.4 Å². The van der Waals surface area contributed by atoms with E-state index in [0.29, 0.717) is 13.3 Å². The maximum atomic E-state index is 5.33. The third-order valence-electron chi connectivity index (χ3n) is 0.966. The third-order valence-corrected chi connectivity index (χ3v) is 0.966. The van der Waals surface area contributed by atoms with Gasteiger partial charge >= 0.3 is 0 Å². The molecule has 0 radical (unpaired) electrons. The highest BCUT2D eigenvalue weighted by atomic mass is 15.6. The van der Waals surface area contributed by atoms with E-state index >= 15 is 0 Å². The van der Waals surface area contributed by atoms with Crippen LogP contribution >= 0.6 is 0 Å². The molecule has 0 aliphatic heterocycles. The standard InChI is InChI=1S/C3H9N7/c4-1-6-2-10-3(5)7-8-9-10/h6H,1-2,4H2,(H2,5,7,9). The fourth-order valence-electron chi connectivity index (χ4n) is 0.495. The topological polar surface area (TPSA) is 108 Å². The van der Waals surface area contributed by atoms with Crippen LogP contribution in [0.2, 0.25) is 0 Å². The summed E-state index contributed by atoms with van der Waals surface area (Å²) >= 11 is 0. The van der Waals surface area contributed by atoms with E-state index in [2.05, 4.69) is 20.8 Å². The van der Waals surface area contributed by atoms with Crippen molar-refractivity contribution in [3.8, 4) is 0 Å². The van der Waals surface area contributed by atoms with Crippen LogP contribution in [0, 0.1) is 0 Å². The molecule has 1 rings (SSSR count). The smallest absolute Gasteiger partial charge is 0.241 e. The van der Waals surface area contributed by atoms with Gasteiger partial charge in [-0.05, 0) is 10.4 Å². The molecule has 0 unspecified atom stereocenters. The van der Waals surface area contributed by atoms with Gasteiger partial charge < -0.3 is 11.5 Å². The van der Waals surface area contributed by atoms with Crippen molar-refractivity contribution in [3.63, 3.8) is 0 Å². The van der Waals surface area contributed by atoms with Gasteiger partial charge in [-0.25, -0.2) is 0 Å². The molecule has 0 saturated heterocycles. The number of anilines is 1. The molecular weight excluding hydrogens is 134 g/mol. The highest BCUT2D eigenvalue weighted by Gasteiger charge is 1.96. The second-order valence-corrected chi connectivity index (χ2v) is 1.65. The summed E-state index contributed by atoms with van der Waals surface area (Å²) in [5.41, 5.74) is 10.5. The van der Waals surface area contributed by atoms with Crippen LogP contribution in [0.3, 0.4) is 0 Å². The zero-order valence-electron chi connectivity index (χ0n) is 5.36. The Morgan fingerprint density at radius 3 is 2.90 bits per heavy atom. The number of aromatic nitrogens is 4. The van der Waals surface area contributed by atoms with Gasteiger partial charge in [-0.2, -0.15) is 4.68 Å². The summed E-state index contributed by atoms with van der Waals surface area (Å²) in [5.74, 6) is 0.279. The van der Waals surface area contributed by atoms with Crippen molar-refractivity contribution in [1.29, 1.82) is 0 Å². The summed E-state index contributed by atoms with van der Waals surface area (Å²) in [4.78, 5) is 0. The number of tetrazole rings is 1. The maximum Gasteiger partial charge on any atom is 0.241 e. The number of nitrogens with two attached hydrogens (primary N) is 2. The van der Waals surface area contributed by atoms with Crippen LogP contribution in [-0.4, -0.2) is 26.9 Å². The first-order valence-corrected chi connectivity index (χ1v) is 2.77. The first-order chi connectivity index (χ1) is 4.84. The lowest BCUT2D eigenvalue weighted by Crippen LogP contribution is -2.26. The summed E-state index contributed by atoms with van der Waals surface area (Å²) in [5, 5.41) is 13.2. The molecule has 1 heterocycles. The molecule has 5 N–H and O–H groups in total. The van der Waals surface area contributed by atoms with Crippen LogP contribution in [0.25, 0.3) is 0 Å². The molecule has 56 valence electrons. The van der Waals surface area contributed by atoms with Gasteiger partial charge in [-0.1, -0.05) is 5.10 Å². The second kappa shape index (κ2) is 3.08. The Morgan fingerprint density at radius 1 is 1.60 bits per heavy atom. The van der Waals surface area contributed by atoms with Crippen LogP contribution in [-0.2, 0) is 6.67 Å². The van der Waals surface area contributed by atoms with E-state index in [0.717, 1.165) is 0 Å². The molecule has 1 aromatic heterocycles.